The zero-order valence-electron chi connectivity index (χ0n) is 11.0. The molecule has 5 heteroatoms. The third-order valence-corrected chi connectivity index (χ3v) is 5.33. The number of ether oxygens (including phenoxy) is 1. The zero-order chi connectivity index (χ0) is 14.7. The lowest BCUT2D eigenvalue weighted by atomic mass is 10.0. The molecule has 0 radical (unpaired) electrons. The molecule has 0 amide bonds. The molecule has 1 unspecified atom stereocenters. The molecule has 0 aliphatic rings. The van der Waals surface area contributed by atoms with Crippen LogP contribution in [-0.4, -0.2) is 13.4 Å². The molecule has 0 saturated heterocycles. The summed E-state index contributed by atoms with van der Waals surface area (Å²) in [5, 5.41) is 0. The Morgan fingerprint density at radius 1 is 1.20 bits per heavy atom. The van der Waals surface area contributed by atoms with Gasteiger partial charge in [0, 0.05) is 16.5 Å². The molecule has 0 aliphatic heterocycles. The number of thioether (sulfide) groups is 1. The predicted octanol–water partition coefficient (Wildman–Crippen LogP) is 5.80. The smallest absolute Gasteiger partial charge is 0.141 e. The minimum Gasteiger partial charge on any atom is -0.496 e. The molecule has 2 rings (SSSR count). The average Bonchev–Trinajstić information content (AvgIpc) is 2.49. The van der Waals surface area contributed by atoms with Crippen molar-refractivity contribution >= 4 is 43.6 Å². The maximum atomic E-state index is 13.6. The molecule has 0 aromatic heterocycles. The Balaban J connectivity index is 2.41. The van der Waals surface area contributed by atoms with Crippen LogP contribution in [-0.2, 0) is 0 Å². The monoisotopic (exact) mass is 418 g/mol. The van der Waals surface area contributed by atoms with Gasteiger partial charge >= 0.3 is 0 Å². The highest BCUT2D eigenvalue weighted by Gasteiger charge is 2.18. The van der Waals surface area contributed by atoms with E-state index in [-0.39, 0.29) is 10.6 Å². The lowest BCUT2D eigenvalue weighted by Gasteiger charge is -2.16. The summed E-state index contributed by atoms with van der Waals surface area (Å²) >= 11 is 8.58. The number of rotatable bonds is 4. The molecule has 0 spiro atoms. The maximum Gasteiger partial charge on any atom is 0.141 e. The first-order valence-electron chi connectivity index (χ1n) is 5.87. The summed E-state index contributed by atoms with van der Waals surface area (Å²) in [5.41, 5.74) is 1.98. The lowest BCUT2D eigenvalue weighted by Crippen LogP contribution is -1.98. The van der Waals surface area contributed by atoms with Gasteiger partial charge in [0.1, 0.15) is 11.6 Å². The van der Waals surface area contributed by atoms with Crippen LogP contribution < -0.4 is 4.74 Å². The summed E-state index contributed by atoms with van der Waals surface area (Å²) in [5.74, 6) is 0.199. The molecule has 106 valence electrons. The SMILES string of the molecule is COc1cc(F)c(Br)cc1C(Br)c1ccc(SC)cc1. The maximum absolute atomic E-state index is 13.6. The van der Waals surface area contributed by atoms with Gasteiger partial charge in [-0.05, 0) is 45.9 Å². The summed E-state index contributed by atoms with van der Waals surface area (Å²) < 4.78 is 19.3. The van der Waals surface area contributed by atoms with Crippen LogP contribution in [0.3, 0.4) is 0 Å². The molecule has 1 atom stereocenters. The van der Waals surface area contributed by atoms with Crippen molar-refractivity contribution in [3.05, 3.63) is 57.8 Å². The average molecular weight is 420 g/mol. The number of methoxy groups -OCH3 is 1. The largest absolute Gasteiger partial charge is 0.496 e. The summed E-state index contributed by atoms with van der Waals surface area (Å²) in [6, 6.07) is 11.4. The number of benzene rings is 2. The lowest BCUT2D eigenvalue weighted by molar-refractivity contribution is 0.406. The van der Waals surface area contributed by atoms with E-state index < -0.39 is 0 Å². The van der Waals surface area contributed by atoms with E-state index in [1.165, 1.54) is 11.0 Å². The number of alkyl halides is 1. The normalized spacial score (nSPS) is 12.2. The summed E-state index contributed by atoms with van der Waals surface area (Å²) in [7, 11) is 1.54. The molecule has 0 bridgehead atoms. The van der Waals surface area contributed by atoms with Crippen molar-refractivity contribution in [2.75, 3.05) is 13.4 Å². The Hall–Kier alpha value is -0.520. The third-order valence-electron chi connectivity index (χ3n) is 2.95. The van der Waals surface area contributed by atoms with E-state index in [4.69, 9.17) is 4.74 Å². The molecule has 0 aliphatic carbocycles. The topological polar surface area (TPSA) is 9.23 Å². The van der Waals surface area contributed by atoms with E-state index in [0.29, 0.717) is 10.2 Å². The molecule has 1 nitrogen and oxygen atoms in total. The molecule has 0 saturated carbocycles. The highest BCUT2D eigenvalue weighted by molar-refractivity contribution is 9.10. The van der Waals surface area contributed by atoms with Crippen molar-refractivity contribution < 1.29 is 9.13 Å². The summed E-state index contributed by atoms with van der Waals surface area (Å²) in [4.78, 5) is 1.16. The molecular weight excluding hydrogens is 407 g/mol. The molecule has 20 heavy (non-hydrogen) atoms. The van der Waals surface area contributed by atoms with Crippen molar-refractivity contribution in [3.8, 4) is 5.75 Å². The number of hydrogen-bond donors (Lipinski definition) is 0. The quantitative estimate of drug-likeness (QED) is 0.457. The van der Waals surface area contributed by atoms with Crippen LogP contribution in [0.25, 0.3) is 0 Å². The van der Waals surface area contributed by atoms with Crippen molar-refractivity contribution in [3.63, 3.8) is 0 Å². The molecule has 0 heterocycles. The summed E-state index contributed by atoms with van der Waals surface area (Å²) in [6.45, 7) is 0. The van der Waals surface area contributed by atoms with Crippen LogP contribution in [0.15, 0.2) is 45.8 Å². The van der Waals surface area contributed by atoms with E-state index in [1.54, 1.807) is 24.9 Å². The first-order chi connectivity index (χ1) is 9.56. The highest BCUT2D eigenvalue weighted by Crippen LogP contribution is 2.39. The fourth-order valence-corrected chi connectivity index (χ4v) is 3.30. The Morgan fingerprint density at radius 3 is 2.40 bits per heavy atom. The van der Waals surface area contributed by atoms with Gasteiger partial charge in [-0.3, -0.25) is 0 Å². The van der Waals surface area contributed by atoms with Crippen molar-refractivity contribution in [2.45, 2.75) is 9.72 Å². The van der Waals surface area contributed by atoms with E-state index in [9.17, 15) is 4.39 Å². The van der Waals surface area contributed by atoms with Gasteiger partial charge in [-0.25, -0.2) is 4.39 Å². The first kappa shape index (κ1) is 15.9. The van der Waals surface area contributed by atoms with Crippen molar-refractivity contribution in [1.82, 2.24) is 0 Å². The van der Waals surface area contributed by atoms with E-state index >= 15 is 0 Å². The first-order valence-corrected chi connectivity index (χ1v) is 8.81. The van der Waals surface area contributed by atoms with Gasteiger partial charge in [0.15, 0.2) is 0 Å². The minimum absolute atomic E-state index is 0.0507. The van der Waals surface area contributed by atoms with Gasteiger partial charge in [0.05, 0.1) is 16.4 Å². The molecule has 0 N–H and O–H groups in total. The highest BCUT2D eigenvalue weighted by atomic mass is 79.9. The van der Waals surface area contributed by atoms with Crippen LogP contribution >= 0.6 is 43.6 Å². The number of hydrogen-bond acceptors (Lipinski definition) is 2. The van der Waals surface area contributed by atoms with E-state index in [2.05, 4.69) is 56.1 Å². The minimum atomic E-state index is -0.331. The molecule has 2 aromatic carbocycles. The fraction of sp³-hybridized carbons (Fsp3) is 0.200. The molecule has 0 fully saturated rings. The van der Waals surface area contributed by atoms with E-state index in [0.717, 1.165) is 11.1 Å². The van der Waals surface area contributed by atoms with Gasteiger partial charge in [-0.15, -0.1) is 11.8 Å². The molecule has 2 aromatic rings. The van der Waals surface area contributed by atoms with Crippen LogP contribution in [0.2, 0.25) is 0 Å². The second-order valence-electron chi connectivity index (χ2n) is 4.14. The standard InChI is InChI=1S/C15H13Br2FOS/c1-19-14-8-13(18)12(16)7-11(14)15(17)9-3-5-10(20-2)6-4-9/h3-8,15H,1-2H3. The third kappa shape index (κ3) is 3.38. The number of halogens is 3. The second kappa shape index (κ2) is 6.96. The van der Waals surface area contributed by atoms with Crippen molar-refractivity contribution in [1.29, 1.82) is 0 Å². The zero-order valence-corrected chi connectivity index (χ0v) is 15.0. The van der Waals surface area contributed by atoms with Crippen LogP contribution in [0.1, 0.15) is 16.0 Å². The Bertz CT molecular complexity index is 602. The van der Waals surface area contributed by atoms with Crippen LogP contribution in [0, 0.1) is 5.82 Å². The fourth-order valence-electron chi connectivity index (χ4n) is 1.87. The van der Waals surface area contributed by atoms with Gasteiger partial charge in [0.2, 0.25) is 0 Å². The Kier molecular flexibility index (Phi) is 5.52. The predicted molar refractivity (Wildman–Crippen MR) is 89.6 cm³/mol. The van der Waals surface area contributed by atoms with Gasteiger partial charge in [-0.1, -0.05) is 28.1 Å². The Morgan fingerprint density at radius 2 is 1.85 bits per heavy atom. The van der Waals surface area contributed by atoms with Gasteiger partial charge in [0.25, 0.3) is 0 Å². The van der Waals surface area contributed by atoms with Gasteiger partial charge < -0.3 is 4.74 Å². The van der Waals surface area contributed by atoms with Crippen LogP contribution in [0.4, 0.5) is 4.39 Å². The second-order valence-corrected chi connectivity index (χ2v) is 6.79. The van der Waals surface area contributed by atoms with E-state index in [1.807, 2.05) is 6.26 Å². The van der Waals surface area contributed by atoms with Crippen molar-refractivity contribution in [2.24, 2.45) is 0 Å². The summed E-state index contributed by atoms with van der Waals surface area (Å²) in [6.07, 6.45) is 2.04. The Labute approximate surface area is 139 Å². The van der Waals surface area contributed by atoms with Crippen LogP contribution in [0.5, 0.6) is 5.75 Å². The molecular formula is C15H13Br2FOS. The van der Waals surface area contributed by atoms with Gasteiger partial charge in [-0.2, -0.15) is 0 Å².